The summed E-state index contributed by atoms with van der Waals surface area (Å²) in [7, 11) is -2.35. The summed E-state index contributed by atoms with van der Waals surface area (Å²) in [5.41, 5.74) is 0. The first-order valence-corrected chi connectivity index (χ1v) is 20.3. The lowest BCUT2D eigenvalue weighted by Crippen LogP contribution is -2.49. The molecule has 0 amide bonds. The fourth-order valence-corrected chi connectivity index (χ4v) is 35.4. The van der Waals surface area contributed by atoms with E-state index in [-0.39, 0.29) is 0 Å². The Morgan fingerprint density at radius 2 is 0.826 bits per heavy atom. The summed E-state index contributed by atoms with van der Waals surface area (Å²) >= 11 is 0. The fourth-order valence-electron chi connectivity index (χ4n) is 2.77. The molecular formula is C16H40O2SSi4. The number of rotatable bonds is 14. The fraction of sp³-hybridized carbons (Fsp3) is 1.00. The van der Waals surface area contributed by atoms with E-state index in [1.54, 1.807) is 0 Å². The quantitative estimate of drug-likeness (QED) is 0.295. The highest BCUT2D eigenvalue weighted by Gasteiger charge is 2.46. The van der Waals surface area contributed by atoms with Crippen LogP contribution in [0.1, 0.15) is 55.4 Å². The summed E-state index contributed by atoms with van der Waals surface area (Å²) in [6.07, 6.45) is 0. The van der Waals surface area contributed by atoms with Gasteiger partial charge in [0.25, 0.3) is 0 Å². The Balaban J connectivity index is 5.36. The standard InChI is InChI=1S/C16H40O2SSi4/c1-9-20(10-2)17-22(13-5,14-6)19-23(15-7,16-8)18-21(11-3)12-4/h9-16H2,1-8H3. The zero-order valence-electron chi connectivity index (χ0n) is 16.9. The van der Waals surface area contributed by atoms with Gasteiger partial charge < -0.3 is 8.23 Å². The highest BCUT2D eigenvalue weighted by Crippen LogP contribution is 2.43. The van der Waals surface area contributed by atoms with Crippen LogP contribution in [0.15, 0.2) is 0 Å². The number of hydrogen-bond acceptors (Lipinski definition) is 3. The Kier molecular flexibility index (Phi) is 13.1. The zero-order valence-corrected chi connectivity index (χ0v) is 21.7. The Morgan fingerprint density at radius 3 is 1.00 bits per heavy atom. The summed E-state index contributed by atoms with van der Waals surface area (Å²) in [5.74, 6) is 0. The molecule has 0 heterocycles. The van der Waals surface area contributed by atoms with Gasteiger partial charge in [0.2, 0.25) is 14.9 Å². The summed E-state index contributed by atoms with van der Waals surface area (Å²) in [6.45, 7) is 18.7. The van der Waals surface area contributed by atoms with E-state index in [4.69, 9.17) is 8.23 Å². The van der Waals surface area contributed by atoms with Gasteiger partial charge in [0.1, 0.15) is 0 Å². The van der Waals surface area contributed by atoms with Gasteiger partial charge in [-0.25, -0.2) is 0 Å². The molecule has 0 rings (SSSR count). The van der Waals surface area contributed by atoms with E-state index >= 15 is 0 Å². The first-order chi connectivity index (χ1) is 10.9. The van der Waals surface area contributed by atoms with Gasteiger partial charge >= 0.3 is 0 Å². The Morgan fingerprint density at radius 1 is 0.565 bits per heavy atom. The van der Waals surface area contributed by atoms with Gasteiger partial charge in [-0.05, 0) is 48.4 Å². The first-order valence-electron chi connectivity index (χ1n) is 9.71. The van der Waals surface area contributed by atoms with Crippen LogP contribution in [0.2, 0.25) is 48.4 Å². The van der Waals surface area contributed by atoms with Crippen molar-refractivity contribution in [3.05, 3.63) is 0 Å². The second-order valence-electron chi connectivity index (χ2n) is 6.03. The summed E-state index contributed by atoms with van der Waals surface area (Å²) in [6, 6.07) is 9.90. The molecule has 0 saturated carbocycles. The van der Waals surface area contributed by atoms with E-state index < -0.39 is 33.0 Å². The molecule has 0 saturated heterocycles. The van der Waals surface area contributed by atoms with Crippen LogP contribution in [-0.2, 0) is 8.23 Å². The van der Waals surface area contributed by atoms with Crippen LogP contribution >= 0.6 is 10.7 Å². The van der Waals surface area contributed by atoms with Crippen LogP contribution in [0.3, 0.4) is 0 Å². The van der Waals surface area contributed by atoms with Gasteiger partial charge in [-0.15, -0.1) is 0 Å². The minimum Gasteiger partial charge on any atom is -0.448 e. The molecule has 0 bridgehead atoms. The van der Waals surface area contributed by atoms with E-state index in [1.165, 1.54) is 48.4 Å². The summed E-state index contributed by atoms with van der Waals surface area (Å²) in [5, 5.41) is 0. The zero-order chi connectivity index (χ0) is 17.9. The predicted molar refractivity (Wildman–Crippen MR) is 117 cm³/mol. The molecule has 2 radical (unpaired) electrons. The average Bonchev–Trinajstić information content (AvgIpc) is 2.62. The van der Waals surface area contributed by atoms with E-state index in [9.17, 15) is 0 Å². The topological polar surface area (TPSA) is 18.5 Å². The van der Waals surface area contributed by atoms with Crippen molar-refractivity contribution >= 4 is 43.7 Å². The summed E-state index contributed by atoms with van der Waals surface area (Å²) < 4.78 is 13.8. The molecule has 0 N–H and O–H groups in total. The highest BCUT2D eigenvalue weighted by atomic mass is 32.5. The van der Waals surface area contributed by atoms with Crippen LogP contribution in [0.25, 0.3) is 0 Å². The second-order valence-corrected chi connectivity index (χ2v) is 26.2. The van der Waals surface area contributed by atoms with Crippen molar-refractivity contribution in [3.8, 4) is 0 Å². The van der Waals surface area contributed by atoms with Crippen molar-refractivity contribution in [2.75, 3.05) is 0 Å². The Bertz CT molecular complexity index is 264. The van der Waals surface area contributed by atoms with Gasteiger partial charge in [-0.3, -0.25) is 0 Å². The van der Waals surface area contributed by atoms with Crippen LogP contribution in [0.5, 0.6) is 0 Å². The van der Waals surface area contributed by atoms with E-state index in [0.717, 1.165) is 0 Å². The lowest BCUT2D eigenvalue weighted by atomic mass is 10.9. The monoisotopic (exact) mass is 408 g/mol. The maximum atomic E-state index is 6.91. The minimum absolute atomic E-state index is 0.614. The largest absolute Gasteiger partial charge is 0.448 e. The molecule has 0 fully saturated rings. The minimum atomic E-state index is -1.70. The molecule has 0 aromatic carbocycles. The van der Waals surface area contributed by atoms with Crippen molar-refractivity contribution < 1.29 is 8.23 Å². The molecule has 138 valence electrons. The van der Waals surface area contributed by atoms with Gasteiger partial charge in [0.05, 0.1) is 0 Å². The van der Waals surface area contributed by atoms with E-state index in [2.05, 4.69) is 66.1 Å². The van der Waals surface area contributed by atoms with Gasteiger partial charge in [-0.2, -0.15) is 10.7 Å². The van der Waals surface area contributed by atoms with Gasteiger partial charge in [-0.1, -0.05) is 55.4 Å². The van der Waals surface area contributed by atoms with Crippen molar-refractivity contribution in [1.82, 2.24) is 0 Å². The molecule has 0 spiro atoms. The molecule has 0 unspecified atom stereocenters. The Labute approximate surface area is 155 Å². The normalized spacial score (nSPS) is 13.3. The maximum absolute atomic E-state index is 6.91. The molecule has 23 heavy (non-hydrogen) atoms. The molecule has 2 nitrogen and oxygen atoms in total. The van der Waals surface area contributed by atoms with Crippen LogP contribution in [0, 0.1) is 0 Å². The van der Waals surface area contributed by atoms with Crippen LogP contribution in [-0.4, -0.2) is 33.0 Å². The predicted octanol–water partition coefficient (Wildman–Crippen LogP) is 6.78. The van der Waals surface area contributed by atoms with Crippen molar-refractivity contribution in [1.29, 1.82) is 0 Å². The molecule has 0 atom stereocenters. The smallest absolute Gasteiger partial charge is 0.239 e. The van der Waals surface area contributed by atoms with Crippen LogP contribution < -0.4 is 0 Å². The molecule has 0 aromatic heterocycles. The summed E-state index contributed by atoms with van der Waals surface area (Å²) in [4.78, 5) is 0. The lowest BCUT2D eigenvalue weighted by Gasteiger charge is -2.41. The third-order valence-electron chi connectivity index (χ3n) is 4.76. The molecule has 0 aliphatic heterocycles. The molecule has 0 aromatic rings. The third-order valence-corrected chi connectivity index (χ3v) is 32.2. The molecule has 0 aliphatic carbocycles. The lowest BCUT2D eigenvalue weighted by molar-refractivity contribution is 0.561. The molecule has 0 aliphatic rings. The highest BCUT2D eigenvalue weighted by molar-refractivity contribution is 8.49. The number of hydrogen-bond donors (Lipinski definition) is 0. The molecular weight excluding hydrogens is 369 g/mol. The maximum Gasteiger partial charge on any atom is 0.239 e. The van der Waals surface area contributed by atoms with Crippen molar-refractivity contribution in [2.45, 2.75) is 104 Å². The van der Waals surface area contributed by atoms with E-state index in [1.807, 2.05) is 0 Å². The average molecular weight is 409 g/mol. The van der Waals surface area contributed by atoms with E-state index in [0.29, 0.717) is 0 Å². The Hall–Kier alpha value is 1.14. The third kappa shape index (κ3) is 7.50. The molecule has 7 heteroatoms. The second kappa shape index (κ2) is 12.5. The van der Waals surface area contributed by atoms with Crippen molar-refractivity contribution in [3.63, 3.8) is 0 Å². The van der Waals surface area contributed by atoms with Crippen LogP contribution in [0.4, 0.5) is 0 Å². The van der Waals surface area contributed by atoms with Gasteiger partial charge in [0.15, 0.2) is 18.1 Å². The van der Waals surface area contributed by atoms with Gasteiger partial charge in [0, 0.05) is 0 Å². The SMILES string of the molecule is CC[Si](CC)O[Si](CC)(CC)S[Si](CC)(CC)O[Si](CC)CC. The van der Waals surface area contributed by atoms with Crippen molar-refractivity contribution in [2.24, 2.45) is 0 Å². The first kappa shape index (κ1) is 24.1.